The summed E-state index contributed by atoms with van der Waals surface area (Å²) in [6.45, 7) is 15.6. The van der Waals surface area contributed by atoms with E-state index in [1.54, 1.807) is 0 Å². The molecule has 134 valence electrons. The fraction of sp³-hybridized carbons (Fsp3) is 1.00. The number of unbranched alkanes of at least 4 members (excludes halogenated alkanes) is 8. The van der Waals surface area contributed by atoms with E-state index in [9.17, 15) is 0 Å². The summed E-state index contributed by atoms with van der Waals surface area (Å²) in [6.07, 6.45) is 15.6. The molecule has 0 aliphatic heterocycles. The Labute approximate surface area is 142 Å². The minimum atomic E-state index is 0.838. The first-order valence-corrected chi connectivity index (χ1v) is 10.3. The van der Waals surface area contributed by atoms with E-state index in [1.165, 1.54) is 90.3 Å². The molecule has 0 atom stereocenters. The Balaban J connectivity index is 3.60. The van der Waals surface area contributed by atoms with Gasteiger partial charge in [-0.05, 0) is 50.7 Å². The molecule has 0 spiro atoms. The quantitative estimate of drug-likeness (QED) is 0.280. The molecule has 0 radical (unpaired) electrons. The van der Waals surface area contributed by atoms with Crippen molar-refractivity contribution in [2.45, 2.75) is 105 Å². The molecule has 0 aromatic heterocycles. The van der Waals surface area contributed by atoms with Crippen molar-refractivity contribution in [3.63, 3.8) is 0 Å². The van der Waals surface area contributed by atoms with Gasteiger partial charge in [0.25, 0.3) is 0 Å². The first-order chi connectivity index (χ1) is 10.6. The fourth-order valence-corrected chi connectivity index (χ4v) is 2.86. The first-order valence-electron chi connectivity index (χ1n) is 10.3. The van der Waals surface area contributed by atoms with Crippen LogP contribution in [0.4, 0.5) is 0 Å². The van der Waals surface area contributed by atoms with Gasteiger partial charge < -0.3 is 4.90 Å². The smallest absolute Gasteiger partial charge is 0.00163 e. The van der Waals surface area contributed by atoms with Gasteiger partial charge in [-0.1, -0.05) is 86.0 Å². The maximum Gasteiger partial charge on any atom is -0.00163 e. The molecule has 0 amide bonds. The third kappa shape index (κ3) is 16.3. The second-order valence-corrected chi connectivity index (χ2v) is 8.04. The summed E-state index contributed by atoms with van der Waals surface area (Å²) in [7, 11) is 0. The second-order valence-electron chi connectivity index (χ2n) is 8.04. The third-order valence-corrected chi connectivity index (χ3v) is 4.62. The van der Waals surface area contributed by atoms with Crippen LogP contribution < -0.4 is 0 Å². The van der Waals surface area contributed by atoms with Gasteiger partial charge in [0.15, 0.2) is 0 Å². The van der Waals surface area contributed by atoms with E-state index in [2.05, 4.69) is 39.5 Å². The van der Waals surface area contributed by atoms with E-state index in [-0.39, 0.29) is 0 Å². The van der Waals surface area contributed by atoms with Crippen molar-refractivity contribution in [1.82, 2.24) is 4.90 Å². The standard InChI is InChI=1S/C21H45N/c1-6-7-8-9-10-11-12-13-14-17-22(18-15-20(2)3)19-16-21(4)5/h20-21H,6-19H2,1-5H3. The monoisotopic (exact) mass is 311 g/mol. The minimum absolute atomic E-state index is 0.838. The number of hydrogen-bond acceptors (Lipinski definition) is 1. The topological polar surface area (TPSA) is 3.24 Å². The van der Waals surface area contributed by atoms with Gasteiger partial charge in [0.1, 0.15) is 0 Å². The molecule has 0 fully saturated rings. The summed E-state index contributed by atoms with van der Waals surface area (Å²) >= 11 is 0. The van der Waals surface area contributed by atoms with Gasteiger partial charge in [-0.3, -0.25) is 0 Å². The molecule has 0 saturated heterocycles. The average molecular weight is 312 g/mol. The number of hydrogen-bond donors (Lipinski definition) is 0. The molecule has 0 bridgehead atoms. The van der Waals surface area contributed by atoms with E-state index in [1.807, 2.05) is 0 Å². The van der Waals surface area contributed by atoms with Crippen LogP contribution in [0.2, 0.25) is 0 Å². The van der Waals surface area contributed by atoms with Crippen molar-refractivity contribution in [3.8, 4) is 0 Å². The van der Waals surface area contributed by atoms with Crippen LogP contribution in [0.3, 0.4) is 0 Å². The Morgan fingerprint density at radius 1 is 0.545 bits per heavy atom. The molecule has 0 rings (SSSR count). The van der Waals surface area contributed by atoms with Crippen molar-refractivity contribution in [1.29, 1.82) is 0 Å². The molecule has 1 nitrogen and oxygen atoms in total. The van der Waals surface area contributed by atoms with Crippen LogP contribution in [0.5, 0.6) is 0 Å². The van der Waals surface area contributed by atoms with Gasteiger partial charge in [-0.25, -0.2) is 0 Å². The van der Waals surface area contributed by atoms with E-state index >= 15 is 0 Å². The van der Waals surface area contributed by atoms with E-state index in [0.717, 1.165) is 11.8 Å². The maximum atomic E-state index is 2.72. The van der Waals surface area contributed by atoms with E-state index < -0.39 is 0 Å². The summed E-state index contributed by atoms with van der Waals surface area (Å²) < 4.78 is 0. The summed E-state index contributed by atoms with van der Waals surface area (Å²) in [5.41, 5.74) is 0. The third-order valence-electron chi connectivity index (χ3n) is 4.62. The molecular weight excluding hydrogens is 266 g/mol. The molecule has 0 N–H and O–H groups in total. The Morgan fingerprint density at radius 2 is 0.955 bits per heavy atom. The molecule has 0 heterocycles. The molecule has 0 saturated carbocycles. The lowest BCUT2D eigenvalue weighted by Gasteiger charge is -2.24. The molecule has 0 aromatic carbocycles. The Bertz CT molecular complexity index is 198. The summed E-state index contributed by atoms with van der Waals surface area (Å²) in [4.78, 5) is 2.72. The summed E-state index contributed by atoms with van der Waals surface area (Å²) in [6, 6.07) is 0. The molecule has 0 aromatic rings. The lowest BCUT2D eigenvalue weighted by atomic mass is 10.1. The van der Waals surface area contributed by atoms with Crippen LogP contribution in [0, 0.1) is 11.8 Å². The zero-order valence-corrected chi connectivity index (χ0v) is 16.5. The van der Waals surface area contributed by atoms with E-state index in [4.69, 9.17) is 0 Å². The largest absolute Gasteiger partial charge is 0.303 e. The predicted octanol–water partition coefficient (Wildman–Crippen LogP) is 6.91. The van der Waals surface area contributed by atoms with Crippen LogP contribution in [0.15, 0.2) is 0 Å². The van der Waals surface area contributed by atoms with Crippen LogP contribution in [0.25, 0.3) is 0 Å². The summed E-state index contributed by atoms with van der Waals surface area (Å²) in [5, 5.41) is 0. The number of rotatable bonds is 16. The van der Waals surface area contributed by atoms with Crippen LogP contribution in [0.1, 0.15) is 105 Å². The molecule has 1 heteroatoms. The van der Waals surface area contributed by atoms with Crippen LogP contribution in [-0.4, -0.2) is 24.5 Å². The Kier molecular flexibility index (Phi) is 15.8. The van der Waals surface area contributed by atoms with Gasteiger partial charge in [-0.15, -0.1) is 0 Å². The van der Waals surface area contributed by atoms with Gasteiger partial charge in [0.2, 0.25) is 0 Å². The molecule has 0 aliphatic rings. The molecule has 0 unspecified atom stereocenters. The van der Waals surface area contributed by atoms with Gasteiger partial charge in [0, 0.05) is 0 Å². The highest BCUT2D eigenvalue weighted by Gasteiger charge is 2.07. The van der Waals surface area contributed by atoms with Crippen molar-refractivity contribution in [2.24, 2.45) is 11.8 Å². The SMILES string of the molecule is CCCCCCCCCCCN(CCC(C)C)CCC(C)C. The highest BCUT2D eigenvalue weighted by atomic mass is 15.1. The van der Waals surface area contributed by atoms with Crippen molar-refractivity contribution in [2.75, 3.05) is 19.6 Å². The number of nitrogens with zero attached hydrogens (tertiary/aromatic N) is 1. The zero-order valence-electron chi connectivity index (χ0n) is 16.5. The van der Waals surface area contributed by atoms with Crippen LogP contribution in [-0.2, 0) is 0 Å². The van der Waals surface area contributed by atoms with Gasteiger partial charge in [0.05, 0.1) is 0 Å². The fourth-order valence-electron chi connectivity index (χ4n) is 2.86. The zero-order chi connectivity index (χ0) is 16.6. The highest BCUT2D eigenvalue weighted by molar-refractivity contribution is 4.62. The van der Waals surface area contributed by atoms with E-state index in [0.29, 0.717) is 0 Å². The normalized spacial score (nSPS) is 12.0. The van der Waals surface area contributed by atoms with Crippen molar-refractivity contribution in [3.05, 3.63) is 0 Å². The second kappa shape index (κ2) is 15.8. The average Bonchev–Trinajstić information content (AvgIpc) is 2.47. The predicted molar refractivity (Wildman–Crippen MR) is 103 cm³/mol. The maximum absolute atomic E-state index is 2.72. The van der Waals surface area contributed by atoms with Gasteiger partial charge >= 0.3 is 0 Å². The Hall–Kier alpha value is -0.0400. The lowest BCUT2D eigenvalue weighted by Crippen LogP contribution is -2.28. The first kappa shape index (κ1) is 22.0. The summed E-state index contributed by atoms with van der Waals surface area (Å²) in [5.74, 6) is 1.68. The molecular formula is C21H45N. The molecule has 0 aliphatic carbocycles. The van der Waals surface area contributed by atoms with Crippen molar-refractivity contribution < 1.29 is 0 Å². The minimum Gasteiger partial charge on any atom is -0.303 e. The lowest BCUT2D eigenvalue weighted by molar-refractivity contribution is 0.238. The Morgan fingerprint density at radius 3 is 1.36 bits per heavy atom. The molecule has 22 heavy (non-hydrogen) atoms. The highest BCUT2D eigenvalue weighted by Crippen LogP contribution is 2.11. The van der Waals surface area contributed by atoms with Crippen molar-refractivity contribution >= 4 is 0 Å². The van der Waals surface area contributed by atoms with Crippen LogP contribution >= 0.6 is 0 Å². The van der Waals surface area contributed by atoms with Gasteiger partial charge in [-0.2, -0.15) is 0 Å².